The van der Waals surface area contributed by atoms with Gasteiger partial charge in [-0.05, 0) is 45.9 Å². The molecule has 0 rings (SSSR count). The van der Waals surface area contributed by atoms with Crippen LogP contribution in [0.4, 0.5) is 0 Å². The number of hydrogen-bond acceptors (Lipinski definition) is 3. The van der Waals surface area contributed by atoms with Crippen molar-refractivity contribution in [2.45, 2.75) is 65.2 Å². The summed E-state index contributed by atoms with van der Waals surface area (Å²) < 4.78 is 12.4. The first kappa shape index (κ1) is 18.3. The van der Waals surface area contributed by atoms with Crippen LogP contribution in [0.2, 0.25) is 32.2 Å². The third-order valence-corrected chi connectivity index (χ3v) is 9.14. The summed E-state index contributed by atoms with van der Waals surface area (Å²) in [5.41, 5.74) is 0.375. The smallest absolute Gasteiger partial charge is 0.334 e. The minimum atomic E-state index is -1.98. The summed E-state index contributed by atoms with van der Waals surface area (Å²) in [5.74, 6) is 0. The topological polar surface area (TPSA) is 30.5 Å². The van der Waals surface area contributed by atoms with E-state index in [1.165, 1.54) is 0 Å². The van der Waals surface area contributed by atoms with Gasteiger partial charge in [0.1, 0.15) is 0 Å². The number of nitrogens with one attached hydrogen (secondary N) is 1. The molecular weight excluding hydrogens is 258 g/mol. The lowest BCUT2D eigenvalue weighted by Gasteiger charge is -2.35. The van der Waals surface area contributed by atoms with Crippen LogP contribution in [-0.2, 0) is 8.85 Å². The quantitative estimate of drug-likeness (QED) is 0.494. The second-order valence-corrected chi connectivity index (χ2v) is 15.0. The molecule has 0 aromatic carbocycles. The Morgan fingerprint density at radius 1 is 1.11 bits per heavy atom. The van der Waals surface area contributed by atoms with Gasteiger partial charge >= 0.3 is 8.56 Å². The first-order valence-electron chi connectivity index (χ1n) is 7.27. The minimum Gasteiger partial charge on any atom is -0.395 e. The Labute approximate surface area is 116 Å². The molecule has 0 aliphatic rings. The second kappa shape index (κ2) is 8.48. The molecule has 2 unspecified atom stereocenters. The molecule has 0 saturated carbocycles. The molecule has 0 aliphatic carbocycles. The van der Waals surface area contributed by atoms with Gasteiger partial charge in [0, 0.05) is 12.3 Å². The van der Waals surface area contributed by atoms with Crippen LogP contribution in [0, 0.1) is 0 Å². The van der Waals surface area contributed by atoms with Crippen LogP contribution in [0.1, 0.15) is 27.2 Å². The summed E-state index contributed by atoms with van der Waals surface area (Å²) in [5, 5.41) is 3.37. The van der Waals surface area contributed by atoms with Crippen molar-refractivity contribution in [3.05, 3.63) is 0 Å². The van der Waals surface area contributed by atoms with E-state index in [4.69, 9.17) is 8.85 Å². The minimum absolute atomic E-state index is 0.375. The Morgan fingerprint density at radius 3 is 2.17 bits per heavy atom. The SMILES string of the molecule is CCNCCC[Si](C)(OCC)OC(C)[Si](C)(C)C. The van der Waals surface area contributed by atoms with E-state index in [0.717, 1.165) is 32.2 Å². The Hall–Kier alpha value is 0.314. The molecule has 2 atom stereocenters. The van der Waals surface area contributed by atoms with E-state index in [9.17, 15) is 0 Å². The third-order valence-electron chi connectivity index (χ3n) is 3.33. The Morgan fingerprint density at radius 2 is 1.72 bits per heavy atom. The Bertz CT molecular complexity index is 222. The predicted octanol–water partition coefficient (Wildman–Crippen LogP) is 3.38. The van der Waals surface area contributed by atoms with Crippen molar-refractivity contribution in [3.8, 4) is 0 Å². The van der Waals surface area contributed by atoms with E-state index in [1.807, 2.05) is 0 Å². The molecule has 110 valence electrons. The highest BCUT2D eigenvalue weighted by molar-refractivity contribution is 6.78. The molecule has 3 nitrogen and oxygen atoms in total. The highest BCUT2D eigenvalue weighted by atomic mass is 28.4. The lowest BCUT2D eigenvalue weighted by Crippen LogP contribution is -2.49. The summed E-state index contributed by atoms with van der Waals surface area (Å²) in [6.45, 7) is 18.6. The molecule has 0 saturated heterocycles. The maximum absolute atomic E-state index is 6.37. The van der Waals surface area contributed by atoms with E-state index in [-0.39, 0.29) is 0 Å². The molecule has 5 heteroatoms. The average molecular weight is 292 g/mol. The molecule has 18 heavy (non-hydrogen) atoms. The molecule has 0 spiro atoms. The first-order valence-corrected chi connectivity index (χ1v) is 13.4. The van der Waals surface area contributed by atoms with E-state index >= 15 is 0 Å². The van der Waals surface area contributed by atoms with Crippen molar-refractivity contribution in [1.82, 2.24) is 5.32 Å². The molecule has 0 heterocycles. The van der Waals surface area contributed by atoms with Crippen LogP contribution >= 0.6 is 0 Å². The lowest BCUT2D eigenvalue weighted by atomic mass is 10.5. The number of hydrogen-bond donors (Lipinski definition) is 1. The van der Waals surface area contributed by atoms with Gasteiger partial charge in [0.15, 0.2) is 0 Å². The largest absolute Gasteiger partial charge is 0.395 e. The highest BCUT2D eigenvalue weighted by Gasteiger charge is 2.36. The molecule has 0 amide bonds. The lowest BCUT2D eigenvalue weighted by molar-refractivity contribution is 0.165. The fourth-order valence-corrected chi connectivity index (χ4v) is 6.40. The first-order chi connectivity index (χ1) is 8.25. The zero-order valence-corrected chi connectivity index (χ0v) is 15.4. The normalized spacial score (nSPS) is 17.5. The third kappa shape index (κ3) is 7.68. The zero-order valence-electron chi connectivity index (χ0n) is 13.4. The molecule has 0 aromatic rings. The van der Waals surface area contributed by atoms with E-state index < -0.39 is 16.6 Å². The van der Waals surface area contributed by atoms with Crippen molar-refractivity contribution in [1.29, 1.82) is 0 Å². The molecular formula is C13H33NO2Si2. The van der Waals surface area contributed by atoms with Crippen LogP contribution in [0.5, 0.6) is 0 Å². The molecule has 0 radical (unpaired) electrons. The highest BCUT2D eigenvalue weighted by Crippen LogP contribution is 2.22. The molecule has 1 N–H and O–H groups in total. The fraction of sp³-hybridized carbons (Fsp3) is 1.00. The van der Waals surface area contributed by atoms with Crippen LogP contribution in [0.15, 0.2) is 0 Å². The standard InChI is InChI=1S/C13H33NO2Si2/c1-8-14-11-10-12-18(7,15-9-2)16-13(3)17(4,5)6/h13-14H,8-12H2,1-7H3. The molecule has 0 bridgehead atoms. The number of rotatable bonds is 10. The summed E-state index contributed by atoms with van der Waals surface area (Å²) in [6.07, 6.45) is 1.15. The van der Waals surface area contributed by atoms with Gasteiger partial charge < -0.3 is 14.2 Å². The Balaban J connectivity index is 4.32. The van der Waals surface area contributed by atoms with Gasteiger partial charge in [0.05, 0.1) is 8.07 Å². The van der Waals surface area contributed by atoms with Crippen molar-refractivity contribution < 1.29 is 8.85 Å². The van der Waals surface area contributed by atoms with Gasteiger partial charge in [-0.25, -0.2) is 0 Å². The summed E-state index contributed by atoms with van der Waals surface area (Å²) in [6, 6.07) is 1.09. The molecule has 0 aromatic heterocycles. The summed E-state index contributed by atoms with van der Waals surface area (Å²) >= 11 is 0. The summed E-state index contributed by atoms with van der Waals surface area (Å²) in [7, 11) is -3.21. The second-order valence-electron chi connectivity index (χ2n) is 6.15. The van der Waals surface area contributed by atoms with Crippen LogP contribution in [0.25, 0.3) is 0 Å². The monoisotopic (exact) mass is 291 g/mol. The van der Waals surface area contributed by atoms with Crippen LogP contribution in [-0.4, -0.2) is 42.1 Å². The van der Waals surface area contributed by atoms with Crippen molar-refractivity contribution in [3.63, 3.8) is 0 Å². The van der Waals surface area contributed by atoms with Gasteiger partial charge in [0.25, 0.3) is 0 Å². The fourth-order valence-electron chi connectivity index (χ4n) is 1.73. The van der Waals surface area contributed by atoms with Crippen molar-refractivity contribution in [2.75, 3.05) is 19.7 Å². The van der Waals surface area contributed by atoms with E-state index in [0.29, 0.717) is 5.73 Å². The van der Waals surface area contributed by atoms with Gasteiger partial charge in [-0.1, -0.05) is 26.6 Å². The van der Waals surface area contributed by atoms with Crippen LogP contribution < -0.4 is 5.32 Å². The van der Waals surface area contributed by atoms with Crippen molar-refractivity contribution in [2.24, 2.45) is 0 Å². The van der Waals surface area contributed by atoms with E-state index in [2.05, 4.69) is 52.3 Å². The van der Waals surface area contributed by atoms with Gasteiger partial charge in [-0.3, -0.25) is 0 Å². The maximum Gasteiger partial charge on any atom is 0.334 e. The van der Waals surface area contributed by atoms with Crippen LogP contribution in [0.3, 0.4) is 0 Å². The average Bonchev–Trinajstić information content (AvgIpc) is 2.23. The zero-order chi connectivity index (χ0) is 14.2. The Kier molecular flexibility index (Phi) is 8.63. The van der Waals surface area contributed by atoms with Gasteiger partial charge in [-0.15, -0.1) is 0 Å². The molecule has 0 fully saturated rings. The predicted molar refractivity (Wildman–Crippen MR) is 85.1 cm³/mol. The molecule has 0 aliphatic heterocycles. The van der Waals surface area contributed by atoms with Gasteiger partial charge in [-0.2, -0.15) is 0 Å². The van der Waals surface area contributed by atoms with Gasteiger partial charge in [0.2, 0.25) is 0 Å². The summed E-state index contributed by atoms with van der Waals surface area (Å²) in [4.78, 5) is 0. The van der Waals surface area contributed by atoms with E-state index in [1.54, 1.807) is 0 Å². The van der Waals surface area contributed by atoms with Crippen molar-refractivity contribution >= 4 is 16.6 Å². The maximum atomic E-state index is 6.37.